The fraction of sp³-hybridized carbons (Fsp3) is 0.304. The first-order valence-corrected chi connectivity index (χ1v) is 10.2. The first kappa shape index (κ1) is 22.5. The van der Waals surface area contributed by atoms with Crippen molar-refractivity contribution in [3.8, 4) is 11.5 Å². The third-order valence-electron chi connectivity index (χ3n) is 5.60. The number of aromatic nitrogens is 2. The third-order valence-corrected chi connectivity index (χ3v) is 5.60. The van der Waals surface area contributed by atoms with E-state index in [1.165, 1.54) is 14.2 Å². The number of carbonyl (C=O) groups is 1. The van der Waals surface area contributed by atoms with Crippen LogP contribution in [0.1, 0.15) is 40.0 Å². The second kappa shape index (κ2) is 8.68. The molecule has 2 heterocycles. The summed E-state index contributed by atoms with van der Waals surface area (Å²) >= 11 is 0. The van der Waals surface area contributed by atoms with Gasteiger partial charge in [0.2, 0.25) is 0 Å². The molecule has 10 heteroatoms. The number of alkyl halides is 3. The Hall–Kier alpha value is -3.69. The van der Waals surface area contributed by atoms with Gasteiger partial charge in [-0.15, -0.1) is 0 Å². The van der Waals surface area contributed by atoms with Crippen molar-refractivity contribution in [2.45, 2.75) is 31.6 Å². The maximum absolute atomic E-state index is 13.9. The standard InChI is InChI=1S/C23H23F3N4O3/c1-13-4-6-14(7-5-13)17-11-20(23(24,25)26)30-21(29-17)16(12-27-30)22(31)28-15-8-9-18(32-2)19(10-15)33-3/h4-10,12,17,20,29H,11H2,1-3H3,(H,28,31)/t17-,20+/m1/s1. The van der Waals surface area contributed by atoms with E-state index in [1.807, 2.05) is 19.1 Å². The van der Waals surface area contributed by atoms with Crippen molar-refractivity contribution in [1.82, 2.24) is 9.78 Å². The molecule has 1 aromatic heterocycles. The van der Waals surface area contributed by atoms with Crippen LogP contribution in [0.5, 0.6) is 11.5 Å². The monoisotopic (exact) mass is 460 g/mol. The number of aryl methyl sites for hydroxylation is 1. The summed E-state index contributed by atoms with van der Waals surface area (Å²) in [6.07, 6.45) is -3.62. The van der Waals surface area contributed by atoms with Crippen LogP contribution in [0.2, 0.25) is 0 Å². The van der Waals surface area contributed by atoms with Crippen molar-refractivity contribution in [2.24, 2.45) is 0 Å². The predicted molar refractivity (Wildman–Crippen MR) is 117 cm³/mol. The van der Waals surface area contributed by atoms with E-state index in [0.29, 0.717) is 22.7 Å². The SMILES string of the molecule is COc1ccc(NC(=O)c2cnn3c2N[C@@H](c2ccc(C)cc2)C[C@H]3C(F)(F)F)cc1OC. The molecule has 3 aromatic rings. The van der Waals surface area contributed by atoms with Gasteiger partial charge >= 0.3 is 6.18 Å². The number of nitrogens with one attached hydrogen (secondary N) is 2. The topological polar surface area (TPSA) is 77.4 Å². The molecule has 174 valence electrons. The van der Waals surface area contributed by atoms with Crippen molar-refractivity contribution in [3.63, 3.8) is 0 Å². The summed E-state index contributed by atoms with van der Waals surface area (Å²) in [6, 6.07) is 9.56. The quantitative estimate of drug-likeness (QED) is 0.553. The fourth-order valence-corrected chi connectivity index (χ4v) is 3.86. The van der Waals surface area contributed by atoms with E-state index in [1.54, 1.807) is 30.3 Å². The molecule has 1 aliphatic rings. The van der Waals surface area contributed by atoms with Crippen LogP contribution in [0.4, 0.5) is 24.7 Å². The first-order valence-electron chi connectivity index (χ1n) is 10.2. The summed E-state index contributed by atoms with van der Waals surface area (Å²) in [5, 5.41) is 9.67. The smallest absolute Gasteiger partial charge is 0.410 e. The second-order valence-electron chi connectivity index (χ2n) is 7.78. The predicted octanol–water partition coefficient (Wildman–Crippen LogP) is 5.12. The summed E-state index contributed by atoms with van der Waals surface area (Å²) in [5.74, 6) is 0.310. The minimum absolute atomic E-state index is 0.0100. The van der Waals surface area contributed by atoms with E-state index in [-0.39, 0.29) is 17.8 Å². The van der Waals surface area contributed by atoms with E-state index in [2.05, 4.69) is 15.7 Å². The molecule has 0 saturated heterocycles. The van der Waals surface area contributed by atoms with Crippen LogP contribution >= 0.6 is 0 Å². The van der Waals surface area contributed by atoms with Crippen molar-refractivity contribution in [3.05, 3.63) is 65.4 Å². The van der Waals surface area contributed by atoms with Crippen LogP contribution in [0.3, 0.4) is 0 Å². The Morgan fingerprint density at radius 1 is 1.12 bits per heavy atom. The summed E-state index contributed by atoms with van der Waals surface area (Å²) in [5.41, 5.74) is 2.11. The van der Waals surface area contributed by atoms with Gasteiger partial charge in [-0.25, -0.2) is 4.68 Å². The van der Waals surface area contributed by atoms with Crippen LogP contribution in [0, 0.1) is 6.92 Å². The lowest BCUT2D eigenvalue weighted by molar-refractivity contribution is -0.173. The van der Waals surface area contributed by atoms with Gasteiger partial charge in [0.15, 0.2) is 17.5 Å². The zero-order chi connectivity index (χ0) is 23.8. The van der Waals surface area contributed by atoms with E-state index in [0.717, 1.165) is 16.4 Å². The fourth-order valence-electron chi connectivity index (χ4n) is 3.86. The maximum Gasteiger partial charge on any atom is 0.410 e. The first-order chi connectivity index (χ1) is 15.7. The molecular formula is C23H23F3N4O3. The van der Waals surface area contributed by atoms with Crippen LogP contribution < -0.4 is 20.1 Å². The molecule has 7 nitrogen and oxygen atoms in total. The van der Waals surface area contributed by atoms with Crippen LogP contribution in [0.15, 0.2) is 48.7 Å². The van der Waals surface area contributed by atoms with Crippen molar-refractivity contribution >= 4 is 17.4 Å². The number of halogens is 3. The average molecular weight is 460 g/mol. The minimum atomic E-state index is -4.52. The number of benzene rings is 2. The Bertz CT molecular complexity index is 1160. The van der Waals surface area contributed by atoms with Crippen LogP contribution in [0.25, 0.3) is 0 Å². The molecule has 2 atom stereocenters. The maximum atomic E-state index is 13.9. The Labute approximate surface area is 188 Å². The highest BCUT2D eigenvalue weighted by molar-refractivity contribution is 6.07. The second-order valence-corrected chi connectivity index (χ2v) is 7.78. The van der Waals surface area contributed by atoms with Gasteiger partial charge in [-0.05, 0) is 24.6 Å². The van der Waals surface area contributed by atoms with Gasteiger partial charge in [-0.1, -0.05) is 29.8 Å². The number of methoxy groups -OCH3 is 2. The number of nitrogens with zero attached hydrogens (tertiary/aromatic N) is 2. The molecule has 2 aromatic carbocycles. The number of hydrogen-bond acceptors (Lipinski definition) is 5. The van der Waals surface area contributed by atoms with Crippen molar-refractivity contribution in [1.29, 1.82) is 0 Å². The molecule has 0 saturated carbocycles. The van der Waals surface area contributed by atoms with E-state index >= 15 is 0 Å². The molecule has 0 bridgehead atoms. The lowest BCUT2D eigenvalue weighted by Crippen LogP contribution is -2.36. The van der Waals surface area contributed by atoms with Gasteiger partial charge in [0.05, 0.1) is 26.5 Å². The number of ether oxygens (including phenoxy) is 2. The summed E-state index contributed by atoms with van der Waals surface area (Å²) in [7, 11) is 2.95. The highest BCUT2D eigenvalue weighted by Crippen LogP contribution is 2.44. The summed E-state index contributed by atoms with van der Waals surface area (Å²) in [4.78, 5) is 13.0. The molecular weight excluding hydrogens is 437 g/mol. The molecule has 1 aliphatic heterocycles. The summed E-state index contributed by atoms with van der Waals surface area (Å²) in [6.45, 7) is 1.91. The van der Waals surface area contributed by atoms with Crippen molar-refractivity contribution < 1.29 is 27.4 Å². The number of amides is 1. The number of carbonyl (C=O) groups excluding carboxylic acids is 1. The number of hydrogen-bond donors (Lipinski definition) is 2. The van der Waals surface area contributed by atoms with Gasteiger partial charge in [0.25, 0.3) is 5.91 Å². The Morgan fingerprint density at radius 3 is 2.45 bits per heavy atom. The van der Waals surface area contributed by atoms with Gasteiger partial charge in [0, 0.05) is 18.2 Å². The molecule has 1 amide bonds. The Morgan fingerprint density at radius 2 is 1.82 bits per heavy atom. The van der Waals surface area contributed by atoms with Gasteiger partial charge in [0.1, 0.15) is 11.4 Å². The van der Waals surface area contributed by atoms with Crippen molar-refractivity contribution in [2.75, 3.05) is 24.9 Å². The number of anilines is 2. The minimum Gasteiger partial charge on any atom is -0.493 e. The highest BCUT2D eigenvalue weighted by atomic mass is 19.4. The van der Waals surface area contributed by atoms with E-state index in [9.17, 15) is 18.0 Å². The average Bonchev–Trinajstić information content (AvgIpc) is 3.22. The molecule has 0 spiro atoms. The largest absolute Gasteiger partial charge is 0.493 e. The summed E-state index contributed by atoms with van der Waals surface area (Å²) < 4.78 is 52.9. The van der Waals surface area contributed by atoms with Gasteiger partial charge < -0.3 is 20.1 Å². The van der Waals surface area contributed by atoms with Gasteiger partial charge in [-0.3, -0.25) is 4.79 Å². The Balaban J connectivity index is 1.66. The number of fused-ring (bicyclic) bond motifs is 1. The van der Waals surface area contributed by atoms with Gasteiger partial charge in [-0.2, -0.15) is 18.3 Å². The lowest BCUT2D eigenvalue weighted by Gasteiger charge is -2.34. The molecule has 0 radical (unpaired) electrons. The van der Waals surface area contributed by atoms with E-state index in [4.69, 9.17) is 9.47 Å². The molecule has 2 N–H and O–H groups in total. The van der Waals surface area contributed by atoms with Crippen LogP contribution in [-0.2, 0) is 0 Å². The zero-order valence-electron chi connectivity index (χ0n) is 18.2. The molecule has 0 aliphatic carbocycles. The highest BCUT2D eigenvalue weighted by Gasteiger charge is 2.47. The zero-order valence-corrected chi connectivity index (χ0v) is 18.2. The number of rotatable bonds is 5. The Kier molecular flexibility index (Phi) is 5.92. The molecule has 4 rings (SSSR count). The molecule has 33 heavy (non-hydrogen) atoms. The van der Waals surface area contributed by atoms with Crippen LogP contribution in [-0.4, -0.2) is 36.1 Å². The van der Waals surface area contributed by atoms with E-state index < -0.39 is 24.2 Å². The molecule has 0 fully saturated rings. The molecule has 0 unspecified atom stereocenters. The third kappa shape index (κ3) is 4.46. The normalized spacial score (nSPS) is 17.6. The lowest BCUT2D eigenvalue weighted by atomic mass is 9.96.